The molecule has 0 saturated heterocycles. The first-order valence-corrected chi connectivity index (χ1v) is 4.85. The zero-order chi connectivity index (χ0) is 8.10. The Hall–Kier alpha value is -0.150. The average molecular weight is 171 g/mol. The van der Waals surface area contributed by atoms with Gasteiger partial charge in [0.15, 0.2) is 0 Å². The number of rotatable bonds is 1. The molecule has 1 heteroatoms. The lowest BCUT2D eigenvalue weighted by Crippen LogP contribution is -2.12. The molecule has 2 unspecified atom stereocenters. The maximum atomic E-state index is 6.17. The Labute approximate surface area is 74.3 Å². The normalized spacial score (nSPS) is 32.4. The topological polar surface area (TPSA) is 0 Å². The van der Waals surface area contributed by atoms with E-state index in [-0.39, 0.29) is 0 Å². The van der Waals surface area contributed by atoms with Gasteiger partial charge in [-0.25, -0.2) is 0 Å². The van der Waals surface area contributed by atoms with Gasteiger partial charge in [0, 0.05) is 11.8 Å². The van der Waals surface area contributed by atoms with Gasteiger partial charge in [0.2, 0.25) is 0 Å². The molecule has 62 valence electrons. The minimum Gasteiger partial charge on any atom is -0.123 e. The molecule has 0 aromatic carbocycles. The van der Waals surface area contributed by atoms with Crippen LogP contribution in [0.4, 0.5) is 0 Å². The third kappa shape index (κ3) is 2.75. The molecule has 0 aromatic rings. The van der Waals surface area contributed by atoms with Gasteiger partial charge < -0.3 is 0 Å². The lowest BCUT2D eigenvalue weighted by molar-refractivity contribution is 0.479. The lowest BCUT2D eigenvalue weighted by Gasteiger charge is -2.15. The van der Waals surface area contributed by atoms with E-state index < -0.39 is 0 Å². The molecule has 0 bridgehead atoms. The Balaban J connectivity index is 2.40. The molecule has 0 heterocycles. The summed E-state index contributed by atoms with van der Waals surface area (Å²) in [5.74, 6) is 3.30. The largest absolute Gasteiger partial charge is 0.123 e. The molecule has 1 aliphatic rings. The molecule has 0 N–H and O–H groups in total. The first-order valence-electron chi connectivity index (χ1n) is 4.42. The van der Waals surface area contributed by atoms with Gasteiger partial charge in [0.05, 0.1) is 0 Å². The van der Waals surface area contributed by atoms with Crippen molar-refractivity contribution in [2.45, 2.75) is 43.9 Å². The Morgan fingerprint density at radius 3 is 2.73 bits per heavy atom. The third-order valence-corrected chi connectivity index (χ3v) is 3.02. The minimum absolute atomic E-state index is 0.341. The predicted octanol–water partition coefficient (Wildman–Crippen LogP) is 3.20. The predicted molar refractivity (Wildman–Crippen MR) is 49.7 cm³/mol. The summed E-state index contributed by atoms with van der Waals surface area (Å²) >= 11 is 6.17. The smallest absolute Gasteiger partial charge is 0.0373 e. The number of hydrogen-bond acceptors (Lipinski definition) is 0. The molecule has 0 spiro atoms. The van der Waals surface area contributed by atoms with Gasteiger partial charge in [-0.2, -0.15) is 0 Å². The van der Waals surface area contributed by atoms with E-state index in [4.69, 9.17) is 18.0 Å². The molecule has 1 fully saturated rings. The van der Waals surface area contributed by atoms with Crippen molar-refractivity contribution in [3.63, 3.8) is 0 Å². The standard InChI is InChI=1S/C10H15Cl/c1-2-6-9-7-4-3-5-8-10(9)11/h1,9-10H,3-8H2. The van der Waals surface area contributed by atoms with Crippen molar-refractivity contribution in [3.8, 4) is 12.3 Å². The SMILES string of the molecule is C#CCC1CCCCCC1Cl. The molecule has 0 amide bonds. The van der Waals surface area contributed by atoms with Gasteiger partial charge in [-0.15, -0.1) is 23.9 Å². The maximum Gasteiger partial charge on any atom is 0.0373 e. The molecule has 1 rings (SSSR count). The van der Waals surface area contributed by atoms with Crippen LogP contribution < -0.4 is 0 Å². The van der Waals surface area contributed by atoms with Gasteiger partial charge in [-0.05, 0) is 18.8 Å². The summed E-state index contributed by atoms with van der Waals surface area (Å²) in [5.41, 5.74) is 0. The fourth-order valence-electron chi connectivity index (χ4n) is 1.72. The van der Waals surface area contributed by atoms with Gasteiger partial charge in [-0.3, -0.25) is 0 Å². The highest BCUT2D eigenvalue weighted by atomic mass is 35.5. The van der Waals surface area contributed by atoms with Crippen molar-refractivity contribution in [2.75, 3.05) is 0 Å². The highest BCUT2D eigenvalue weighted by molar-refractivity contribution is 6.20. The van der Waals surface area contributed by atoms with Crippen LogP contribution in [-0.2, 0) is 0 Å². The first-order chi connectivity index (χ1) is 5.34. The van der Waals surface area contributed by atoms with E-state index in [2.05, 4.69) is 5.92 Å². The van der Waals surface area contributed by atoms with Gasteiger partial charge in [-0.1, -0.05) is 19.3 Å². The van der Waals surface area contributed by atoms with Crippen molar-refractivity contribution < 1.29 is 0 Å². The lowest BCUT2D eigenvalue weighted by atomic mass is 9.97. The Morgan fingerprint density at radius 2 is 2.00 bits per heavy atom. The van der Waals surface area contributed by atoms with Crippen molar-refractivity contribution in [1.29, 1.82) is 0 Å². The summed E-state index contributed by atoms with van der Waals surface area (Å²) in [6, 6.07) is 0. The fraction of sp³-hybridized carbons (Fsp3) is 0.800. The Kier molecular flexibility index (Phi) is 3.80. The van der Waals surface area contributed by atoms with E-state index in [1.54, 1.807) is 0 Å². The number of halogens is 1. The molecule has 1 saturated carbocycles. The van der Waals surface area contributed by atoms with E-state index in [0.717, 1.165) is 12.8 Å². The number of alkyl halides is 1. The zero-order valence-corrected chi connectivity index (χ0v) is 7.61. The summed E-state index contributed by atoms with van der Waals surface area (Å²) in [6.07, 6.45) is 12.5. The van der Waals surface area contributed by atoms with Crippen LogP contribution in [0.1, 0.15) is 38.5 Å². The van der Waals surface area contributed by atoms with Crippen LogP contribution in [-0.4, -0.2) is 5.38 Å². The molecule has 2 atom stereocenters. The summed E-state index contributed by atoms with van der Waals surface area (Å²) in [5, 5.41) is 0.341. The van der Waals surface area contributed by atoms with Crippen LogP contribution in [0.3, 0.4) is 0 Å². The summed E-state index contributed by atoms with van der Waals surface area (Å²) in [7, 11) is 0. The Morgan fingerprint density at radius 1 is 1.27 bits per heavy atom. The highest BCUT2D eigenvalue weighted by Gasteiger charge is 2.20. The van der Waals surface area contributed by atoms with Crippen LogP contribution >= 0.6 is 11.6 Å². The molecule has 0 nitrogen and oxygen atoms in total. The van der Waals surface area contributed by atoms with E-state index in [0.29, 0.717) is 11.3 Å². The molecule has 1 aliphatic carbocycles. The number of hydrogen-bond donors (Lipinski definition) is 0. The van der Waals surface area contributed by atoms with E-state index in [1.165, 1.54) is 25.7 Å². The third-order valence-electron chi connectivity index (χ3n) is 2.45. The molecule has 0 aromatic heterocycles. The summed E-state index contributed by atoms with van der Waals surface area (Å²) < 4.78 is 0. The van der Waals surface area contributed by atoms with Crippen molar-refractivity contribution >= 4 is 11.6 Å². The maximum absolute atomic E-state index is 6.17. The van der Waals surface area contributed by atoms with Crippen LogP contribution in [0.5, 0.6) is 0 Å². The van der Waals surface area contributed by atoms with Crippen LogP contribution in [0.2, 0.25) is 0 Å². The summed E-state index contributed by atoms with van der Waals surface area (Å²) in [6.45, 7) is 0. The first kappa shape index (κ1) is 8.94. The van der Waals surface area contributed by atoms with Crippen LogP contribution in [0, 0.1) is 18.3 Å². The molecule has 0 radical (unpaired) electrons. The van der Waals surface area contributed by atoms with Crippen LogP contribution in [0.25, 0.3) is 0 Å². The molecular weight excluding hydrogens is 156 g/mol. The second kappa shape index (κ2) is 4.67. The monoisotopic (exact) mass is 170 g/mol. The molecule has 11 heavy (non-hydrogen) atoms. The van der Waals surface area contributed by atoms with Gasteiger partial charge >= 0.3 is 0 Å². The second-order valence-electron chi connectivity index (χ2n) is 3.32. The van der Waals surface area contributed by atoms with E-state index >= 15 is 0 Å². The summed E-state index contributed by atoms with van der Waals surface area (Å²) in [4.78, 5) is 0. The quantitative estimate of drug-likeness (QED) is 0.322. The number of terminal acetylenes is 1. The average Bonchev–Trinajstić information content (AvgIpc) is 2.18. The van der Waals surface area contributed by atoms with Crippen molar-refractivity contribution in [1.82, 2.24) is 0 Å². The Bertz CT molecular complexity index is 145. The zero-order valence-electron chi connectivity index (χ0n) is 6.85. The molecule has 0 aliphatic heterocycles. The van der Waals surface area contributed by atoms with E-state index in [1.807, 2.05) is 0 Å². The molecular formula is C10H15Cl. The fourth-order valence-corrected chi connectivity index (χ4v) is 2.09. The van der Waals surface area contributed by atoms with Crippen LogP contribution in [0.15, 0.2) is 0 Å². The van der Waals surface area contributed by atoms with E-state index in [9.17, 15) is 0 Å². The van der Waals surface area contributed by atoms with Crippen molar-refractivity contribution in [3.05, 3.63) is 0 Å². The second-order valence-corrected chi connectivity index (χ2v) is 3.88. The highest BCUT2D eigenvalue weighted by Crippen LogP contribution is 2.29. The van der Waals surface area contributed by atoms with Gasteiger partial charge in [0.1, 0.15) is 0 Å². The van der Waals surface area contributed by atoms with Crippen molar-refractivity contribution in [2.24, 2.45) is 5.92 Å². The van der Waals surface area contributed by atoms with Gasteiger partial charge in [0.25, 0.3) is 0 Å². The minimum atomic E-state index is 0.341.